The number of anilines is 1. The number of fused-ring (bicyclic) bond motifs is 1. The van der Waals surface area contributed by atoms with Crippen molar-refractivity contribution in [3.8, 4) is 11.3 Å². The lowest BCUT2D eigenvalue weighted by Crippen LogP contribution is -2.09. The fourth-order valence-corrected chi connectivity index (χ4v) is 2.89. The Kier molecular flexibility index (Phi) is 4.34. The Morgan fingerprint density at radius 3 is 2.78 bits per heavy atom. The third-order valence-electron chi connectivity index (χ3n) is 3.22. The van der Waals surface area contributed by atoms with Gasteiger partial charge in [-0.15, -0.1) is 16.4 Å². The second-order valence-corrected chi connectivity index (χ2v) is 5.83. The molecule has 0 aliphatic carbocycles. The van der Waals surface area contributed by atoms with E-state index in [4.69, 9.17) is 0 Å². The summed E-state index contributed by atoms with van der Waals surface area (Å²) in [5.41, 5.74) is 3.24. The average molecular weight is 324 g/mol. The zero-order valence-corrected chi connectivity index (χ0v) is 13.7. The van der Waals surface area contributed by atoms with Crippen molar-refractivity contribution in [2.45, 2.75) is 13.8 Å². The zero-order chi connectivity index (χ0) is 16.2. The SMILES string of the molecule is C/C=C/C=C/C(=O)Nc1nc2scc(-c3ccc(C)cc3)n2n1. The van der Waals surface area contributed by atoms with Gasteiger partial charge in [-0.25, -0.2) is 4.52 Å². The van der Waals surface area contributed by atoms with E-state index in [1.165, 1.54) is 23.0 Å². The molecular weight excluding hydrogens is 308 g/mol. The third-order valence-corrected chi connectivity index (χ3v) is 4.03. The van der Waals surface area contributed by atoms with Crippen LogP contribution >= 0.6 is 11.3 Å². The van der Waals surface area contributed by atoms with Crippen molar-refractivity contribution in [3.05, 3.63) is 59.5 Å². The van der Waals surface area contributed by atoms with E-state index in [9.17, 15) is 4.79 Å². The topological polar surface area (TPSA) is 59.3 Å². The van der Waals surface area contributed by atoms with Crippen LogP contribution < -0.4 is 5.32 Å². The first-order valence-electron chi connectivity index (χ1n) is 7.19. The van der Waals surface area contributed by atoms with Gasteiger partial charge in [-0.1, -0.05) is 48.1 Å². The van der Waals surface area contributed by atoms with Gasteiger partial charge in [0.25, 0.3) is 11.9 Å². The summed E-state index contributed by atoms with van der Waals surface area (Å²) >= 11 is 1.49. The molecule has 116 valence electrons. The van der Waals surface area contributed by atoms with E-state index in [2.05, 4.69) is 46.6 Å². The second kappa shape index (κ2) is 6.58. The van der Waals surface area contributed by atoms with Crippen LogP contribution in [0.3, 0.4) is 0 Å². The quantitative estimate of drug-likeness (QED) is 0.586. The smallest absolute Gasteiger partial charge is 0.250 e. The van der Waals surface area contributed by atoms with Crippen molar-refractivity contribution < 1.29 is 4.79 Å². The number of hydrogen-bond acceptors (Lipinski definition) is 4. The summed E-state index contributed by atoms with van der Waals surface area (Å²) in [4.78, 5) is 16.8. The Morgan fingerprint density at radius 1 is 1.26 bits per heavy atom. The molecule has 0 saturated carbocycles. The van der Waals surface area contributed by atoms with Crippen molar-refractivity contribution in [3.63, 3.8) is 0 Å². The molecule has 0 atom stereocenters. The van der Waals surface area contributed by atoms with E-state index in [1.54, 1.807) is 16.7 Å². The molecule has 0 aliphatic rings. The van der Waals surface area contributed by atoms with Crippen LogP contribution in [0.4, 0.5) is 5.95 Å². The van der Waals surface area contributed by atoms with Crippen LogP contribution in [0.15, 0.2) is 53.9 Å². The maximum absolute atomic E-state index is 11.8. The van der Waals surface area contributed by atoms with Crippen LogP contribution in [0.25, 0.3) is 16.2 Å². The highest BCUT2D eigenvalue weighted by molar-refractivity contribution is 7.15. The number of amides is 1. The highest BCUT2D eigenvalue weighted by Crippen LogP contribution is 2.26. The molecule has 3 aromatic rings. The number of rotatable bonds is 4. The van der Waals surface area contributed by atoms with Crippen molar-refractivity contribution in [1.29, 1.82) is 0 Å². The molecule has 0 aliphatic heterocycles. The Hall–Kier alpha value is -2.73. The summed E-state index contributed by atoms with van der Waals surface area (Å²) < 4.78 is 1.75. The molecular formula is C17H16N4OS. The maximum Gasteiger partial charge on any atom is 0.250 e. The van der Waals surface area contributed by atoms with Crippen LogP contribution in [-0.4, -0.2) is 20.5 Å². The summed E-state index contributed by atoms with van der Waals surface area (Å²) in [7, 11) is 0. The van der Waals surface area contributed by atoms with Crippen molar-refractivity contribution in [2.24, 2.45) is 0 Å². The molecule has 2 aromatic heterocycles. The molecule has 0 unspecified atom stereocenters. The van der Waals surface area contributed by atoms with Gasteiger partial charge in [0, 0.05) is 17.0 Å². The Bertz CT molecular complexity index is 887. The lowest BCUT2D eigenvalue weighted by atomic mass is 10.1. The lowest BCUT2D eigenvalue weighted by molar-refractivity contribution is -0.111. The minimum atomic E-state index is -0.252. The normalized spacial score (nSPS) is 11.7. The molecule has 0 radical (unpaired) electrons. The van der Waals surface area contributed by atoms with Crippen molar-refractivity contribution in [2.75, 3.05) is 5.32 Å². The molecule has 0 spiro atoms. The average Bonchev–Trinajstić information content (AvgIpc) is 3.08. The summed E-state index contributed by atoms with van der Waals surface area (Å²) in [6.07, 6.45) is 6.75. The molecule has 1 amide bonds. The standard InChI is InChI=1S/C17H16N4OS/c1-3-4-5-6-15(22)18-16-19-17-21(20-16)14(11-23-17)13-9-7-12(2)8-10-13/h3-11H,1-2H3,(H,18,20,22)/b4-3+,6-5+. The summed E-state index contributed by atoms with van der Waals surface area (Å²) in [5.74, 6) is 0.0542. The molecule has 23 heavy (non-hydrogen) atoms. The molecule has 0 fully saturated rings. The summed E-state index contributed by atoms with van der Waals surface area (Å²) in [6, 6.07) is 8.22. The van der Waals surface area contributed by atoms with Crippen LogP contribution in [0.1, 0.15) is 12.5 Å². The molecule has 5 nitrogen and oxygen atoms in total. The fourth-order valence-electron chi connectivity index (χ4n) is 2.06. The van der Waals surface area contributed by atoms with Gasteiger partial charge in [0.05, 0.1) is 5.69 Å². The maximum atomic E-state index is 11.8. The highest BCUT2D eigenvalue weighted by Gasteiger charge is 2.12. The first-order valence-corrected chi connectivity index (χ1v) is 8.07. The van der Waals surface area contributed by atoms with E-state index in [0.717, 1.165) is 16.2 Å². The van der Waals surface area contributed by atoms with Gasteiger partial charge in [-0.3, -0.25) is 10.1 Å². The van der Waals surface area contributed by atoms with Gasteiger partial charge in [0.2, 0.25) is 4.96 Å². The van der Waals surface area contributed by atoms with E-state index in [0.29, 0.717) is 5.95 Å². The second-order valence-electron chi connectivity index (χ2n) is 4.99. The first-order chi connectivity index (χ1) is 11.2. The number of benzene rings is 1. The third kappa shape index (κ3) is 3.37. The van der Waals surface area contributed by atoms with E-state index in [-0.39, 0.29) is 5.91 Å². The molecule has 0 saturated heterocycles. The minimum absolute atomic E-state index is 0.252. The van der Waals surface area contributed by atoms with E-state index in [1.807, 2.05) is 18.4 Å². The van der Waals surface area contributed by atoms with Crippen molar-refractivity contribution >= 4 is 28.2 Å². The van der Waals surface area contributed by atoms with Gasteiger partial charge in [0.1, 0.15) is 0 Å². The van der Waals surface area contributed by atoms with Gasteiger partial charge in [-0.05, 0) is 13.8 Å². The number of carbonyl (C=O) groups is 1. The number of aromatic nitrogens is 3. The van der Waals surface area contributed by atoms with Gasteiger partial charge in [0.15, 0.2) is 0 Å². The van der Waals surface area contributed by atoms with E-state index < -0.39 is 0 Å². The molecule has 3 rings (SSSR count). The number of hydrogen-bond donors (Lipinski definition) is 1. The van der Waals surface area contributed by atoms with Crippen LogP contribution in [0, 0.1) is 6.92 Å². The number of nitrogens with one attached hydrogen (secondary N) is 1. The molecule has 6 heteroatoms. The van der Waals surface area contributed by atoms with Gasteiger partial charge < -0.3 is 0 Å². The molecule has 1 N–H and O–H groups in total. The molecule has 0 bridgehead atoms. The lowest BCUT2D eigenvalue weighted by Gasteiger charge is -1.99. The largest absolute Gasteiger partial charge is 0.290 e. The predicted octanol–water partition coefficient (Wildman–Crippen LogP) is 3.84. The van der Waals surface area contributed by atoms with Crippen LogP contribution in [0.2, 0.25) is 0 Å². The highest BCUT2D eigenvalue weighted by atomic mass is 32.1. The van der Waals surface area contributed by atoms with E-state index >= 15 is 0 Å². The number of nitrogens with zero attached hydrogens (tertiary/aromatic N) is 3. The Morgan fingerprint density at radius 2 is 2.04 bits per heavy atom. The van der Waals surface area contributed by atoms with Gasteiger partial charge in [-0.2, -0.15) is 4.98 Å². The fraction of sp³-hybridized carbons (Fsp3) is 0.118. The van der Waals surface area contributed by atoms with Crippen molar-refractivity contribution in [1.82, 2.24) is 14.6 Å². The summed E-state index contributed by atoms with van der Waals surface area (Å²) in [5, 5.41) is 9.05. The Balaban J connectivity index is 1.86. The zero-order valence-electron chi connectivity index (χ0n) is 12.9. The van der Waals surface area contributed by atoms with Crippen LogP contribution in [-0.2, 0) is 4.79 Å². The number of aryl methyl sites for hydroxylation is 1. The first kappa shape index (κ1) is 15.2. The van der Waals surface area contributed by atoms with Gasteiger partial charge >= 0.3 is 0 Å². The number of thiazole rings is 1. The Labute approximate surface area is 138 Å². The summed E-state index contributed by atoms with van der Waals surface area (Å²) in [6.45, 7) is 3.94. The van der Waals surface area contributed by atoms with Crippen LogP contribution in [0.5, 0.6) is 0 Å². The molecule has 2 heterocycles. The minimum Gasteiger partial charge on any atom is -0.290 e. The predicted molar refractivity (Wildman–Crippen MR) is 93.6 cm³/mol. The molecule has 1 aromatic carbocycles. The number of allylic oxidation sites excluding steroid dienone is 3. The number of carbonyl (C=O) groups excluding carboxylic acids is 1. The monoisotopic (exact) mass is 324 g/mol.